The topological polar surface area (TPSA) is 58.5 Å². The molecule has 7 heteroatoms. The van der Waals surface area contributed by atoms with E-state index in [1.54, 1.807) is 18.4 Å². The average molecular weight is 412 g/mol. The first-order valence-electron chi connectivity index (χ1n) is 6.69. The van der Waals surface area contributed by atoms with E-state index in [4.69, 9.17) is 4.74 Å². The van der Waals surface area contributed by atoms with Crippen LogP contribution in [-0.2, 0) is 11.2 Å². The second-order valence-electron chi connectivity index (χ2n) is 4.08. The Morgan fingerprint density at radius 2 is 2.15 bits per heavy atom. The predicted molar refractivity (Wildman–Crippen MR) is 96.4 cm³/mol. The predicted octanol–water partition coefficient (Wildman–Crippen LogP) is 2.20. The van der Waals surface area contributed by atoms with Crippen LogP contribution in [0.2, 0.25) is 0 Å². The van der Waals surface area contributed by atoms with Crippen LogP contribution in [0.25, 0.3) is 0 Å². The van der Waals surface area contributed by atoms with Gasteiger partial charge in [0, 0.05) is 45.2 Å². The monoisotopic (exact) mass is 412 g/mol. The summed E-state index contributed by atoms with van der Waals surface area (Å²) < 4.78 is 5.28. The third-order valence-corrected chi connectivity index (χ3v) is 3.35. The normalized spacial score (nSPS) is 11.1. The van der Waals surface area contributed by atoms with Crippen LogP contribution in [0.15, 0.2) is 10.4 Å². The van der Waals surface area contributed by atoms with Crippen molar-refractivity contribution < 1.29 is 4.74 Å². The molecule has 0 unspecified atom stereocenters. The van der Waals surface area contributed by atoms with E-state index in [1.165, 1.54) is 0 Å². The molecule has 0 fully saturated rings. The van der Waals surface area contributed by atoms with Gasteiger partial charge >= 0.3 is 0 Å². The van der Waals surface area contributed by atoms with E-state index >= 15 is 0 Å². The molecule has 116 valence electrons. The first-order chi connectivity index (χ1) is 9.26. The molecular formula is C13H25IN4OS. The van der Waals surface area contributed by atoms with Crippen molar-refractivity contribution in [2.45, 2.75) is 26.7 Å². The number of aliphatic imine (C=N–C) groups is 1. The first-order valence-corrected chi connectivity index (χ1v) is 7.57. The number of aromatic nitrogens is 1. The molecule has 0 aliphatic rings. The third-order valence-electron chi connectivity index (χ3n) is 2.53. The highest BCUT2D eigenvalue weighted by atomic mass is 127. The van der Waals surface area contributed by atoms with Crippen molar-refractivity contribution in [2.75, 3.05) is 33.4 Å². The molecule has 20 heavy (non-hydrogen) atoms. The number of nitrogens with one attached hydrogen (secondary N) is 2. The summed E-state index contributed by atoms with van der Waals surface area (Å²) >= 11 is 1.69. The molecule has 0 amide bonds. The molecule has 0 spiro atoms. The van der Waals surface area contributed by atoms with Crippen molar-refractivity contribution in [1.29, 1.82) is 0 Å². The number of halogens is 1. The van der Waals surface area contributed by atoms with Crippen molar-refractivity contribution in [1.82, 2.24) is 15.6 Å². The Morgan fingerprint density at radius 1 is 1.40 bits per heavy atom. The van der Waals surface area contributed by atoms with Crippen LogP contribution in [0.3, 0.4) is 0 Å². The Labute approximate surface area is 142 Å². The van der Waals surface area contributed by atoms with Gasteiger partial charge in [-0.2, -0.15) is 0 Å². The van der Waals surface area contributed by atoms with Crippen LogP contribution in [-0.4, -0.2) is 44.3 Å². The number of hydrogen-bond acceptors (Lipinski definition) is 4. The van der Waals surface area contributed by atoms with E-state index in [1.807, 2.05) is 13.8 Å². The second-order valence-corrected chi connectivity index (χ2v) is 5.15. The van der Waals surface area contributed by atoms with Crippen molar-refractivity contribution in [3.8, 4) is 0 Å². The Bertz CT molecular complexity index is 384. The van der Waals surface area contributed by atoms with Crippen LogP contribution < -0.4 is 10.6 Å². The zero-order valence-corrected chi connectivity index (χ0v) is 15.6. The zero-order chi connectivity index (χ0) is 13.9. The molecule has 1 aromatic heterocycles. The molecule has 0 saturated carbocycles. The molecule has 2 N–H and O–H groups in total. The van der Waals surface area contributed by atoms with Crippen molar-refractivity contribution in [2.24, 2.45) is 4.99 Å². The number of aryl methyl sites for hydroxylation is 1. The summed E-state index contributed by atoms with van der Waals surface area (Å²) in [4.78, 5) is 8.61. The lowest BCUT2D eigenvalue weighted by Crippen LogP contribution is -2.39. The van der Waals surface area contributed by atoms with E-state index in [2.05, 4.69) is 26.0 Å². The highest BCUT2D eigenvalue weighted by Crippen LogP contribution is 2.07. The van der Waals surface area contributed by atoms with Crippen LogP contribution in [0, 0.1) is 6.92 Å². The summed E-state index contributed by atoms with van der Waals surface area (Å²) in [5.74, 6) is 0.837. The summed E-state index contributed by atoms with van der Waals surface area (Å²) in [6, 6.07) is 0. The van der Waals surface area contributed by atoms with Gasteiger partial charge in [-0.15, -0.1) is 35.3 Å². The lowest BCUT2D eigenvalue weighted by molar-refractivity contribution is 0.145. The number of rotatable bonds is 8. The van der Waals surface area contributed by atoms with Crippen LogP contribution in [0.1, 0.15) is 24.0 Å². The maximum absolute atomic E-state index is 5.28. The van der Waals surface area contributed by atoms with E-state index < -0.39 is 0 Å². The van der Waals surface area contributed by atoms with Gasteiger partial charge in [0.25, 0.3) is 0 Å². The van der Waals surface area contributed by atoms with Crippen LogP contribution in [0.5, 0.6) is 0 Å². The first kappa shape index (κ1) is 19.6. The maximum Gasteiger partial charge on any atom is 0.190 e. The minimum absolute atomic E-state index is 0. The molecule has 0 bridgehead atoms. The zero-order valence-electron chi connectivity index (χ0n) is 12.4. The summed E-state index contributed by atoms with van der Waals surface area (Å²) in [5, 5.41) is 9.77. The van der Waals surface area contributed by atoms with Gasteiger partial charge in [-0.3, -0.25) is 4.99 Å². The Balaban J connectivity index is 0.00000361. The molecular weight excluding hydrogens is 387 g/mol. The largest absolute Gasteiger partial charge is 0.382 e. The number of hydrogen-bond donors (Lipinski definition) is 2. The van der Waals surface area contributed by atoms with Crippen molar-refractivity contribution >= 4 is 41.3 Å². The van der Waals surface area contributed by atoms with Gasteiger partial charge in [-0.1, -0.05) is 0 Å². The summed E-state index contributed by atoms with van der Waals surface area (Å²) in [6.45, 7) is 7.32. The minimum atomic E-state index is 0. The van der Waals surface area contributed by atoms with E-state index in [9.17, 15) is 0 Å². The molecule has 0 atom stereocenters. The van der Waals surface area contributed by atoms with Gasteiger partial charge in [-0.05, 0) is 20.3 Å². The molecule has 0 aliphatic carbocycles. The highest BCUT2D eigenvalue weighted by molar-refractivity contribution is 14.0. The number of ether oxygens (including phenoxy) is 1. The second kappa shape index (κ2) is 12.3. The fraction of sp³-hybridized carbons (Fsp3) is 0.692. The van der Waals surface area contributed by atoms with Crippen molar-refractivity contribution in [3.63, 3.8) is 0 Å². The summed E-state index contributed by atoms with van der Waals surface area (Å²) in [7, 11) is 1.78. The summed E-state index contributed by atoms with van der Waals surface area (Å²) in [5.41, 5.74) is 1.14. The molecule has 5 nitrogen and oxygen atoms in total. The molecule has 1 rings (SSSR count). The van der Waals surface area contributed by atoms with Gasteiger partial charge in [0.05, 0.1) is 10.7 Å². The molecule has 0 saturated heterocycles. The highest BCUT2D eigenvalue weighted by Gasteiger charge is 2.00. The Hall–Kier alpha value is -0.410. The quantitative estimate of drug-likeness (QED) is 0.298. The lowest BCUT2D eigenvalue weighted by Gasteiger charge is -2.11. The molecule has 0 aromatic carbocycles. The van der Waals surface area contributed by atoms with E-state index in [0.29, 0.717) is 0 Å². The molecule has 1 heterocycles. The number of nitrogens with zero attached hydrogens (tertiary/aromatic N) is 2. The fourth-order valence-corrected chi connectivity index (χ4v) is 2.23. The third kappa shape index (κ3) is 8.70. The average Bonchev–Trinajstić information content (AvgIpc) is 2.82. The van der Waals surface area contributed by atoms with Gasteiger partial charge < -0.3 is 15.4 Å². The lowest BCUT2D eigenvalue weighted by atomic mass is 10.3. The van der Waals surface area contributed by atoms with E-state index in [0.717, 1.165) is 55.8 Å². The van der Waals surface area contributed by atoms with Crippen molar-refractivity contribution in [3.05, 3.63) is 16.1 Å². The Morgan fingerprint density at radius 3 is 2.75 bits per heavy atom. The molecule has 1 aromatic rings. The molecule has 0 radical (unpaired) electrons. The number of thiazole rings is 1. The van der Waals surface area contributed by atoms with E-state index in [-0.39, 0.29) is 24.0 Å². The Kier molecular flexibility index (Phi) is 12.1. The fourth-order valence-electron chi connectivity index (χ4n) is 1.58. The van der Waals surface area contributed by atoms with Gasteiger partial charge in [0.15, 0.2) is 5.96 Å². The smallest absolute Gasteiger partial charge is 0.190 e. The van der Waals surface area contributed by atoms with Gasteiger partial charge in [0.2, 0.25) is 0 Å². The maximum atomic E-state index is 5.28. The van der Waals surface area contributed by atoms with Crippen LogP contribution >= 0.6 is 35.3 Å². The standard InChI is InChI=1S/C13H24N4OS.HI/c1-4-18-9-5-7-15-13(14-3)16-8-6-12-10-19-11(2)17-12;/h10H,4-9H2,1-3H3,(H2,14,15,16);1H. The van der Waals surface area contributed by atoms with Crippen LogP contribution in [0.4, 0.5) is 0 Å². The summed E-state index contributed by atoms with van der Waals surface area (Å²) in [6.07, 6.45) is 1.91. The van der Waals surface area contributed by atoms with Gasteiger partial charge in [0.1, 0.15) is 0 Å². The minimum Gasteiger partial charge on any atom is -0.382 e. The number of guanidine groups is 1. The SMILES string of the molecule is CCOCCCNC(=NC)NCCc1csc(C)n1.I. The molecule has 0 aliphatic heterocycles. The van der Waals surface area contributed by atoms with Gasteiger partial charge in [-0.25, -0.2) is 4.98 Å².